The minimum absolute atomic E-state index is 0.0125. The number of hydrogen-bond acceptors (Lipinski definition) is 4. The minimum Gasteiger partial charge on any atom is -0.284 e. The summed E-state index contributed by atoms with van der Waals surface area (Å²) in [5.41, 5.74) is 5.10. The summed E-state index contributed by atoms with van der Waals surface area (Å²) in [7, 11) is -4.17. The van der Waals surface area contributed by atoms with Gasteiger partial charge >= 0.3 is 0 Å². The van der Waals surface area contributed by atoms with E-state index in [-0.39, 0.29) is 10.9 Å². The van der Waals surface area contributed by atoms with Gasteiger partial charge in [-0.05, 0) is 48.0 Å². The van der Waals surface area contributed by atoms with Gasteiger partial charge in [-0.2, -0.15) is 8.42 Å². The van der Waals surface area contributed by atoms with Crippen LogP contribution in [0.2, 0.25) is 5.02 Å². The molecule has 1 unspecified atom stereocenters. The molecule has 0 radical (unpaired) electrons. The van der Waals surface area contributed by atoms with Crippen molar-refractivity contribution in [1.82, 2.24) is 5.43 Å². The second-order valence-electron chi connectivity index (χ2n) is 4.84. The Labute approximate surface area is 133 Å². The third-order valence-electron chi connectivity index (χ3n) is 3.35. The van der Waals surface area contributed by atoms with Crippen LogP contribution in [-0.4, -0.2) is 13.0 Å². The maximum absolute atomic E-state index is 11.0. The van der Waals surface area contributed by atoms with E-state index in [2.05, 4.69) is 5.43 Å². The van der Waals surface area contributed by atoms with E-state index in [9.17, 15) is 8.42 Å². The molecule has 1 atom stereocenters. The summed E-state index contributed by atoms with van der Waals surface area (Å²) in [5, 5.41) is 2.47. The maximum atomic E-state index is 11.0. The predicted molar refractivity (Wildman–Crippen MR) is 85.2 cm³/mol. The lowest BCUT2D eigenvalue weighted by molar-refractivity contribution is 0.483. The monoisotopic (exact) mass is 336 g/mol. The number of rotatable bonds is 3. The molecule has 2 N–H and O–H groups in total. The quantitative estimate of drug-likeness (QED) is 0.842. The van der Waals surface area contributed by atoms with Crippen molar-refractivity contribution in [2.45, 2.75) is 10.9 Å². The maximum Gasteiger partial charge on any atom is 0.294 e. The summed E-state index contributed by atoms with van der Waals surface area (Å²) in [4.78, 5) is -0.131. The largest absolute Gasteiger partial charge is 0.294 e. The SMILES string of the molecule is O=S(=O)(O)c1ccc(N2C=CC(c3ccc(Cl)cc3)N2)cc1. The average molecular weight is 337 g/mol. The predicted octanol–water partition coefficient (Wildman–Crippen LogP) is 3.17. The van der Waals surface area contributed by atoms with Crippen molar-refractivity contribution in [2.75, 3.05) is 5.01 Å². The molecule has 3 rings (SSSR count). The van der Waals surface area contributed by atoms with Crippen LogP contribution in [-0.2, 0) is 10.1 Å². The highest BCUT2D eigenvalue weighted by Gasteiger charge is 2.18. The van der Waals surface area contributed by atoms with E-state index < -0.39 is 10.1 Å². The van der Waals surface area contributed by atoms with Gasteiger partial charge in [0, 0.05) is 11.2 Å². The molecule has 0 spiro atoms. The number of hydrogen-bond donors (Lipinski definition) is 2. The minimum atomic E-state index is -4.17. The van der Waals surface area contributed by atoms with Gasteiger partial charge in [0.2, 0.25) is 0 Å². The Morgan fingerprint density at radius 3 is 2.27 bits per heavy atom. The Hall–Kier alpha value is -1.86. The van der Waals surface area contributed by atoms with Gasteiger partial charge in [-0.3, -0.25) is 9.56 Å². The van der Waals surface area contributed by atoms with Crippen LogP contribution in [0.25, 0.3) is 0 Å². The van der Waals surface area contributed by atoms with Crippen LogP contribution >= 0.6 is 11.6 Å². The van der Waals surface area contributed by atoms with E-state index in [1.165, 1.54) is 12.1 Å². The van der Waals surface area contributed by atoms with Gasteiger partial charge in [-0.1, -0.05) is 23.7 Å². The Morgan fingerprint density at radius 1 is 1.05 bits per heavy atom. The standard InChI is InChI=1S/C15H13ClN2O3S/c16-12-3-1-11(2-4-12)15-9-10-18(17-15)13-5-7-14(8-6-13)22(19,20)21/h1-10,15,17H,(H,19,20,21). The highest BCUT2D eigenvalue weighted by atomic mass is 35.5. The molecule has 0 fully saturated rings. The molecule has 0 saturated heterocycles. The molecule has 0 amide bonds. The molecular formula is C15H13ClN2O3S. The zero-order valence-electron chi connectivity index (χ0n) is 11.3. The summed E-state index contributed by atoms with van der Waals surface area (Å²) in [6.45, 7) is 0. The second-order valence-corrected chi connectivity index (χ2v) is 6.70. The van der Waals surface area contributed by atoms with Crippen LogP contribution in [0.4, 0.5) is 5.69 Å². The Bertz CT molecular complexity index is 802. The molecule has 5 nitrogen and oxygen atoms in total. The Balaban J connectivity index is 1.76. The van der Waals surface area contributed by atoms with Crippen LogP contribution in [0.3, 0.4) is 0 Å². The summed E-state index contributed by atoms with van der Waals surface area (Å²) in [6.07, 6.45) is 3.85. The molecule has 1 aliphatic heterocycles. The van der Waals surface area contributed by atoms with Crippen LogP contribution < -0.4 is 10.4 Å². The molecule has 22 heavy (non-hydrogen) atoms. The first-order valence-electron chi connectivity index (χ1n) is 6.50. The van der Waals surface area contributed by atoms with Crippen molar-refractivity contribution < 1.29 is 13.0 Å². The zero-order valence-corrected chi connectivity index (χ0v) is 12.9. The van der Waals surface area contributed by atoms with Gasteiger partial charge in [-0.15, -0.1) is 0 Å². The van der Waals surface area contributed by atoms with Gasteiger partial charge in [0.05, 0.1) is 16.6 Å². The van der Waals surface area contributed by atoms with E-state index in [1.807, 2.05) is 36.5 Å². The lowest BCUT2D eigenvalue weighted by atomic mass is 10.1. The second kappa shape index (κ2) is 5.73. The molecule has 0 saturated carbocycles. The van der Waals surface area contributed by atoms with Gasteiger partial charge in [0.15, 0.2) is 0 Å². The average Bonchev–Trinajstić information content (AvgIpc) is 2.97. The zero-order chi connectivity index (χ0) is 15.7. The third-order valence-corrected chi connectivity index (χ3v) is 4.47. The molecule has 0 aliphatic carbocycles. The highest BCUT2D eigenvalue weighted by Crippen LogP contribution is 2.26. The van der Waals surface area contributed by atoms with Crippen molar-refractivity contribution in [1.29, 1.82) is 0 Å². The third kappa shape index (κ3) is 3.15. The number of halogens is 1. The highest BCUT2D eigenvalue weighted by molar-refractivity contribution is 7.85. The van der Waals surface area contributed by atoms with Crippen LogP contribution in [0.15, 0.2) is 65.7 Å². The van der Waals surface area contributed by atoms with E-state index in [4.69, 9.17) is 16.2 Å². The van der Waals surface area contributed by atoms with Crippen molar-refractivity contribution in [3.63, 3.8) is 0 Å². The van der Waals surface area contributed by atoms with Gasteiger partial charge < -0.3 is 0 Å². The molecule has 1 heterocycles. The molecular weight excluding hydrogens is 324 g/mol. The fourth-order valence-corrected chi connectivity index (χ4v) is 2.81. The number of anilines is 1. The first-order valence-corrected chi connectivity index (χ1v) is 8.32. The van der Waals surface area contributed by atoms with Crippen LogP contribution in [0, 0.1) is 0 Å². The Kier molecular flexibility index (Phi) is 3.92. The van der Waals surface area contributed by atoms with Gasteiger partial charge in [-0.25, -0.2) is 5.43 Å². The Morgan fingerprint density at radius 2 is 1.68 bits per heavy atom. The lowest BCUT2D eigenvalue weighted by Crippen LogP contribution is -2.30. The van der Waals surface area contributed by atoms with Gasteiger partial charge in [0.1, 0.15) is 0 Å². The smallest absolute Gasteiger partial charge is 0.284 e. The summed E-state index contributed by atoms with van der Waals surface area (Å²) in [6, 6.07) is 13.5. The van der Waals surface area contributed by atoms with E-state index >= 15 is 0 Å². The first kappa shape index (κ1) is 15.1. The van der Waals surface area contributed by atoms with E-state index in [1.54, 1.807) is 17.1 Å². The number of hydrazine groups is 1. The molecule has 0 aromatic heterocycles. The number of nitrogens with one attached hydrogen (secondary N) is 1. The molecule has 2 aromatic rings. The first-order chi connectivity index (χ1) is 10.4. The number of nitrogens with zero attached hydrogens (tertiary/aromatic N) is 1. The molecule has 114 valence electrons. The van der Waals surface area contributed by atoms with E-state index in [0.717, 1.165) is 11.3 Å². The van der Waals surface area contributed by atoms with Crippen molar-refractivity contribution >= 4 is 27.4 Å². The molecule has 7 heteroatoms. The summed E-state index contributed by atoms with van der Waals surface area (Å²) >= 11 is 5.88. The normalized spacial score (nSPS) is 17.9. The van der Waals surface area contributed by atoms with Crippen LogP contribution in [0.1, 0.15) is 11.6 Å². The van der Waals surface area contributed by atoms with Gasteiger partial charge in [0.25, 0.3) is 10.1 Å². The number of benzene rings is 2. The van der Waals surface area contributed by atoms with Crippen LogP contribution in [0.5, 0.6) is 0 Å². The lowest BCUT2D eigenvalue weighted by Gasteiger charge is -2.20. The summed E-state index contributed by atoms with van der Waals surface area (Å²) in [5.74, 6) is 0. The molecule has 1 aliphatic rings. The van der Waals surface area contributed by atoms with Crippen molar-refractivity contribution in [3.8, 4) is 0 Å². The molecule has 0 bridgehead atoms. The van der Waals surface area contributed by atoms with Crippen molar-refractivity contribution in [3.05, 3.63) is 71.4 Å². The fourth-order valence-electron chi connectivity index (χ4n) is 2.20. The van der Waals surface area contributed by atoms with E-state index in [0.29, 0.717) is 5.02 Å². The fraction of sp³-hybridized carbons (Fsp3) is 0.0667. The summed E-state index contributed by atoms with van der Waals surface area (Å²) < 4.78 is 31.0. The topological polar surface area (TPSA) is 69.6 Å². The van der Waals surface area contributed by atoms with Crippen molar-refractivity contribution in [2.24, 2.45) is 0 Å². The molecule has 2 aromatic carbocycles.